The average molecular weight is 197 g/mol. The zero-order chi connectivity index (χ0) is 10.6. The van der Waals surface area contributed by atoms with Crippen molar-refractivity contribution in [1.29, 1.82) is 0 Å². The van der Waals surface area contributed by atoms with Crippen LogP contribution < -0.4 is 5.73 Å². The Morgan fingerprint density at radius 3 is 2.79 bits per heavy atom. The molecule has 1 heterocycles. The van der Waals surface area contributed by atoms with E-state index in [4.69, 9.17) is 5.73 Å². The highest BCUT2D eigenvalue weighted by atomic mass is 15.3. The summed E-state index contributed by atoms with van der Waals surface area (Å²) in [5, 5.41) is 0. The lowest BCUT2D eigenvalue weighted by molar-refractivity contribution is 0.177. The maximum atomic E-state index is 5.93. The number of nitrogens with two attached hydrogens (primary N) is 1. The predicted molar refractivity (Wildman–Crippen MR) is 61.4 cm³/mol. The molecular weight excluding hydrogens is 174 g/mol. The van der Waals surface area contributed by atoms with Crippen LogP contribution in [0.5, 0.6) is 0 Å². The minimum Gasteiger partial charge on any atom is -0.370 e. The van der Waals surface area contributed by atoms with Crippen molar-refractivity contribution in [2.45, 2.75) is 40.0 Å². The highest BCUT2D eigenvalue weighted by Gasteiger charge is 2.26. The Morgan fingerprint density at radius 1 is 1.50 bits per heavy atom. The molecule has 0 aromatic heterocycles. The topological polar surface area (TPSA) is 41.6 Å². The normalized spacial score (nSPS) is 22.5. The van der Waals surface area contributed by atoms with Crippen LogP contribution in [0, 0.1) is 5.41 Å². The van der Waals surface area contributed by atoms with Crippen LogP contribution in [-0.4, -0.2) is 30.5 Å². The van der Waals surface area contributed by atoms with Crippen molar-refractivity contribution in [3.05, 3.63) is 0 Å². The number of guanidine groups is 1. The van der Waals surface area contributed by atoms with Crippen molar-refractivity contribution in [3.63, 3.8) is 0 Å². The van der Waals surface area contributed by atoms with Crippen LogP contribution in [-0.2, 0) is 0 Å². The molecule has 0 saturated carbocycles. The molecule has 0 radical (unpaired) electrons. The third-order valence-electron chi connectivity index (χ3n) is 2.72. The van der Waals surface area contributed by atoms with Crippen LogP contribution in [0.15, 0.2) is 4.99 Å². The summed E-state index contributed by atoms with van der Waals surface area (Å²) in [5.74, 6) is 0.736. The summed E-state index contributed by atoms with van der Waals surface area (Å²) in [5.41, 5.74) is 6.32. The minimum absolute atomic E-state index is 0.393. The van der Waals surface area contributed by atoms with Crippen LogP contribution in [0.2, 0.25) is 0 Å². The number of piperidine rings is 1. The first kappa shape index (κ1) is 11.3. The highest BCUT2D eigenvalue weighted by Crippen LogP contribution is 2.27. The molecule has 14 heavy (non-hydrogen) atoms. The zero-order valence-corrected chi connectivity index (χ0v) is 9.71. The summed E-state index contributed by atoms with van der Waals surface area (Å²) in [6, 6.07) is 0. The molecule has 0 spiro atoms. The van der Waals surface area contributed by atoms with E-state index in [0.717, 1.165) is 32.0 Å². The van der Waals surface area contributed by atoms with Gasteiger partial charge in [0.05, 0.1) is 0 Å². The second-order valence-corrected chi connectivity index (χ2v) is 4.93. The second kappa shape index (κ2) is 4.67. The third kappa shape index (κ3) is 3.20. The molecule has 3 heteroatoms. The molecule has 0 aromatic carbocycles. The largest absolute Gasteiger partial charge is 0.370 e. The molecule has 0 amide bonds. The smallest absolute Gasteiger partial charge is 0.191 e. The molecule has 0 unspecified atom stereocenters. The summed E-state index contributed by atoms with van der Waals surface area (Å²) in [6.07, 6.45) is 3.60. The third-order valence-corrected chi connectivity index (χ3v) is 2.72. The fourth-order valence-corrected chi connectivity index (χ4v) is 1.95. The molecule has 1 aliphatic rings. The van der Waals surface area contributed by atoms with Crippen molar-refractivity contribution in [3.8, 4) is 0 Å². The predicted octanol–water partition coefficient (Wildman–Crippen LogP) is 1.83. The molecule has 1 saturated heterocycles. The van der Waals surface area contributed by atoms with E-state index < -0.39 is 0 Å². The van der Waals surface area contributed by atoms with Crippen LogP contribution in [0.3, 0.4) is 0 Å². The van der Waals surface area contributed by atoms with Gasteiger partial charge in [0.25, 0.3) is 0 Å². The SMILES string of the molecule is CCCN=C(N)N1CCCC(C)(C)C1. The summed E-state index contributed by atoms with van der Waals surface area (Å²) >= 11 is 0. The minimum atomic E-state index is 0.393. The lowest BCUT2D eigenvalue weighted by atomic mass is 9.84. The van der Waals surface area contributed by atoms with E-state index in [2.05, 4.69) is 30.7 Å². The summed E-state index contributed by atoms with van der Waals surface area (Å²) in [6.45, 7) is 9.69. The van der Waals surface area contributed by atoms with E-state index in [1.54, 1.807) is 0 Å². The first-order valence-electron chi connectivity index (χ1n) is 5.60. The number of aliphatic imine (C=N–C) groups is 1. The molecule has 0 bridgehead atoms. The monoisotopic (exact) mass is 197 g/mol. The lowest BCUT2D eigenvalue weighted by Gasteiger charge is -2.38. The molecule has 0 aliphatic carbocycles. The Morgan fingerprint density at radius 2 is 2.21 bits per heavy atom. The van der Waals surface area contributed by atoms with Gasteiger partial charge in [0.1, 0.15) is 0 Å². The summed E-state index contributed by atoms with van der Waals surface area (Å²) < 4.78 is 0. The van der Waals surface area contributed by atoms with Gasteiger partial charge >= 0.3 is 0 Å². The van der Waals surface area contributed by atoms with Gasteiger partial charge in [-0.1, -0.05) is 20.8 Å². The Labute approximate surface area is 87.4 Å². The van der Waals surface area contributed by atoms with Crippen molar-refractivity contribution in [2.75, 3.05) is 19.6 Å². The molecular formula is C11H23N3. The average Bonchev–Trinajstić information content (AvgIpc) is 2.12. The Balaban J connectivity index is 2.51. The first-order chi connectivity index (χ1) is 6.55. The van der Waals surface area contributed by atoms with Gasteiger partial charge in [-0.3, -0.25) is 4.99 Å². The van der Waals surface area contributed by atoms with E-state index >= 15 is 0 Å². The molecule has 82 valence electrons. The van der Waals surface area contributed by atoms with E-state index in [-0.39, 0.29) is 0 Å². The van der Waals surface area contributed by atoms with Gasteiger partial charge in [0, 0.05) is 19.6 Å². The van der Waals surface area contributed by atoms with Gasteiger partial charge < -0.3 is 10.6 Å². The van der Waals surface area contributed by atoms with E-state index in [9.17, 15) is 0 Å². The number of hydrogen-bond donors (Lipinski definition) is 1. The standard InChI is InChI=1S/C11H23N3/c1-4-7-13-10(12)14-8-5-6-11(2,3)9-14/h4-9H2,1-3H3,(H2,12,13). The Kier molecular flexibility index (Phi) is 3.78. The number of rotatable bonds is 2. The van der Waals surface area contributed by atoms with Crippen molar-refractivity contribution < 1.29 is 0 Å². The lowest BCUT2D eigenvalue weighted by Crippen LogP contribution is -2.47. The molecule has 3 nitrogen and oxygen atoms in total. The molecule has 1 fully saturated rings. The first-order valence-corrected chi connectivity index (χ1v) is 5.60. The molecule has 1 rings (SSSR count). The molecule has 0 atom stereocenters. The fourth-order valence-electron chi connectivity index (χ4n) is 1.95. The van der Waals surface area contributed by atoms with E-state index in [1.165, 1.54) is 12.8 Å². The maximum absolute atomic E-state index is 5.93. The van der Waals surface area contributed by atoms with Gasteiger partial charge in [-0.25, -0.2) is 0 Å². The van der Waals surface area contributed by atoms with Crippen LogP contribution >= 0.6 is 0 Å². The highest BCUT2D eigenvalue weighted by molar-refractivity contribution is 5.78. The summed E-state index contributed by atoms with van der Waals surface area (Å²) in [7, 11) is 0. The van der Waals surface area contributed by atoms with Crippen molar-refractivity contribution in [2.24, 2.45) is 16.1 Å². The Bertz CT molecular complexity index is 209. The van der Waals surface area contributed by atoms with Crippen LogP contribution in [0.25, 0.3) is 0 Å². The van der Waals surface area contributed by atoms with Gasteiger partial charge in [-0.15, -0.1) is 0 Å². The quantitative estimate of drug-likeness (QED) is 0.542. The van der Waals surface area contributed by atoms with E-state index in [0.29, 0.717) is 5.41 Å². The molecule has 1 aliphatic heterocycles. The number of likely N-dealkylation sites (tertiary alicyclic amines) is 1. The zero-order valence-electron chi connectivity index (χ0n) is 9.71. The molecule has 2 N–H and O–H groups in total. The van der Waals surface area contributed by atoms with Gasteiger partial charge in [0.15, 0.2) is 5.96 Å². The van der Waals surface area contributed by atoms with Gasteiger partial charge in [-0.05, 0) is 24.7 Å². The number of hydrogen-bond acceptors (Lipinski definition) is 1. The van der Waals surface area contributed by atoms with Gasteiger partial charge in [0.2, 0.25) is 0 Å². The van der Waals surface area contributed by atoms with E-state index in [1.807, 2.05) is 0 Å². The fraction of sp³-hybridized carbons (Fsp3) is 0.909. The Hall–Kier alpha value is -0.730. The van der Waals surface area contributed by atoms with Crippen LogP contribution in [0.4, 0.5) is 0 Å². The van der Waals surface area contributed by atoms with Crippen molar-refractivity contribution in [1.82, 2.24) is 4.90 Å². The van der Waals surface area contributed by atoms with Crippen LogP contribution in [0.1, 0.15) is 40.0 Å². The number of nitrogens with zero attached hydrogens (tertiary/aromatic N) is 2. The summed E-state index contributed by atoms with van der Waals surface area (Å²) in [4.78, 5) is 6.57. The van der Waals surface area contributed by atoms with Gasteiger partial charge in [-0.2, -0.15) is 0 Å². The molecule has 0 aromatic rings. The maximum Gasteiger partial charge on any atom is 0.191 e. The van der Waals surface area contributed by atoms with Crippen molar-refractivity contribution >= 4 is 5.96 Å². The second-order valence-electron chi connectivity index (χ2n) is 4.93.